The van der Waals surface area contributed by atoms with E-state index in [1.807, 2.05) is 22.6 Å². The van der Waals surface area contributed by atoms with Gasteiger partial charge in [-0.1, -0.05) is 0 Å². The molecule has 7 heteroatoms. The highest BCUT2D eigenvalue weighted by molar-refractivity contribution is 14.1. The van der Waals surface area contributed by atoms with Crippen molar-refractivity contribution in [2.24, 2.45) is 0 Å². The largest absolute Gasteiger partial charge is 0.573 e. The molecule has 0 N–H and O–H groups in total. The third kappa shape index (κ3) is 3.11. The van der Waals surface area contributed by atoms with Gasteiger partial charge in [-0.05, 0) is 29.5 Å². The van der Waals surface area contributed by atoms with Gasteiger partial charge in [0.25, 0.3) is 0 Å². The third-order valence-electron chi connectivity index (χ3n) is 1.60. The van der Waals surface area contributed by atoms with E-state index in [0.717, 1.165) is 6.20 Å². The average Bonchev–Trinajstić information content (AvgIpc) is 2.10. The molecular formula is C8H7F3INO2. The number of aromatic nitrogens is 1. The number of ether oxygens (including phenoxy) is 2. The fourth-order valence-electron chi connectivity index (χ4n) is 1.00. The molecule has 0 aliphatic heterocycles. The van der Waals surface area contributed by atoms with E-state index in [1.165, 1.54) is 7.11 Å². The summed E-state index contributed by atoms with van der Waals surface area (Å²) in [6.45, 7) is 1.61. The minimum absolute atomic E-state index is 0.0479. The van der Waals surface area contributed by atoms with Crippen molar-refractivity contribution < 1.29 is 22.6 Å². The fourth-order valence-corrected chi connectivity index (χ4v) is 1.38. The molecule has 1 aromatic rings. The second-order valence-electron chi connectivity index (χ2n) is 2.62. The summed E-state index contributed by atoms with van der Waals surface area (Å²) in [6.07, 6.45) is -3.75. The molecule has 84 valence electrons. The Morgan fingerprint density at radius 1 is 1.40 bits per heavy atom. The molecule has 1 heterocycles. The van der Waals surface area contributed by atoms with E-state index < -0.39 is 12.1 Å². The summed E-state index contributed by atoms with van der Waals surface area (Å²) in [7, 11) is 1.28. The first-order valence-corrected chi connectivity index (χ1v) is 4.88. The summed E-state index contributed by atoms with van der Waals surface area (Å²) in [5.41, 5.74) is 0.514. The van der Waals surface area contributed by atoms with Crippen molar-refractivity contribution in [3.63, 3.8) is 0 Å². The Bertz CT molecular complexity index is 368. The Hall–Kier alpha value is -0.730. The summed E-state index contributed by atoms with van der Waals surface area (Å²) >= 11 is 1.90. The third-order valence-corrected chi connectivity index (χ3v) is 2.69. The first-order valence-electron chi connectivity index (χ1n) is 3.80. The standard InChI is InChI=1S/C8H7F3INO2/c1-4-6(14-2)5(3-13-7(4)12)15-8(9,10)11/h3H,1-2H3. The maximum absolute atomic E-state index is 12.0. The predicted molar refractivity (Wildman–Crippen MR) is 54.9 cm³/mol. The topological polar surface area (TPSA) is 31.4 Å². The molecule has 0 radical (unpaired) electrons. The van der Waals surface area contributed by atoms with Gasteiger partial charge < -0.3 is 9.47 Å². The number of methoxy groups -OCH3 is 1. The molecule has 0 bridgehead atoms. The Balaban J connectivity index is 3.14. The highest BCUT2D eigenvalue weighted by Gasteiger charge is 2.33. The van der Waals surface area contributed by atoms with Crippen LogP contribution in [0.1, 0.15) is 5.56 Å². The van der Waals surface area contributed by atoms with E-state index >= 15 is 0 Å². The number of pyridine rings is 1. The van der Waals surface area contributed by atoms with Crippen molar-refractivity contribution in [1.82, 2.24) is 4.98 Å². The van der Waals surface area contributed by atoms with E-state index in [1.54, 1.807) is 6.92 Å². The molecule has 0 unspecified atom stereocenters. The SMILES string of the molecule is COc1c(OC(F)(F)F)cnc(I)c1C. The quantitative estimate of drug-likeness (QED) is 0.616. The van der Waals surface area contributed by atoms with Gasteiger partial charge in [0, 0.05) is 5.56 Å². The first kappa shape index (κ1) is 12.3. The van der Waals surface area contributed by atoms with Crippen LogP contribution in [0.15, 0.2) is 6.20 Å². The molecule has 0 aliphatic carbocycles. The molecule has 0 aromatic carbocycles. The van der Waals surface area contributed by atoms with Crippen LogP contribution in [0.2, 0.25) is 0 Å². The van der Waals surface area contributed by atoms with Crippen LogP contribution in [0.3, 0.4) is 0 Å². The number of hydrogen-bond acceptors (Lipinski definition) is 3. The molecule has 0 aliphatic rings. The maximum atomic E-state index is 12.0. The van der Waals surface area contributed by atoms with Crippen LogP contribution >= 0.6 is 22.6 Å². The lowest BCUT2D eigenvalue weighted by atomic mass is 10.3. The molecule has 15 heavy (non-hydrogen) atoms. The summed E-state index contributed by atoms with van der Waals surface area (Å²) in [6, 6.07) is 0. The van der Waals surface area contributed by atoms with Crippen molar-refractivity contribution in [2.75, 3.05) is 7.11 Å². The van der Waals surface area contributed by atoms with Crippen LogP contribution < -0.4 is 9.47 Å². The van der Waals surface area contributed by atoms with Gasteiger partial charge in [-0.2, -0.15) is 0 Å². The number of rotatable bonds is 2. The second kappa shape index (κ2) is 4.42. The lowest BCUT2D eigenvalue weighted by Crippen LogP contribution is -2.18. The Kier molecular flexibility index (Phi) is 3.63. The van der Waals surface area contributed by atoms with Gasteiger partial charge in [-0.15, -0.1) is 13.2 Å². The monoisotopic (exact) mass is 333 g/mol. The molecular weight excluding hydrogens is 326 g/mol. The van der Waals surface area contributed by atoms with Crippen LogP contribution in [-0.4, -0.2) is 18.5 Å². The highest BCUT2D eigenvalue weighted by atomic mass is 127. The van der Waals surface area contributed by atoms with E-state index in [4.69, 9.17) is 4.74 Å². The summed E-state index contributed by atoms with van der Waals surface area (Å²) in [5.74, 6) is -0.380. The molecule has 3 nitrogen and oxygen atoms in total. The smallest absolute Gasteiger partial charge is 0.492 e. The van der Waals surface area contributed by atoms with Gasteiger partial charge in [-0.3, -0.25) is 0 Å². The van der Waals surface area contributed by atoms with Gasteiger partial charge in [-0.25, -0.2) is 4.98 Å². The Morgan fingerprint density at radius 2 is 2.00 bits per heavy atom. The normalized spacial score (nSPS) is 11.3. The van der Waals surface area contributed by atoms with Crippen LogP contribution in [0.4, 0.5) is 13.2 Å². The summed E-state index contributed by atoms with van der Waals surface area (Å²) in [4.78, 5) is 3.75. The van der Waals surface area contributed by atoms with Gasteiger partial charge in [0.2, 0.25) is 0 Å². The van der Waals surface area contributed by atoms with Gasteiger partial charge in [0.15, 0.2) is 11.5 Å². The van der Waals surface area contributed by atoms with Crippen LogP contribution in [-0.2, 0) is 0 Å². The summed E-state index contributed by atoms with van der Waals surface area (Å²) < 4.78 is 45.1. The lowest BCUT2D eigenvalue weighted by molar-refractivity contribution is -0.275. The number of nitrogens with zero attached hydrogens (tertiary/aromatic N) is 1. The van der Waals surface area contributed by atoms with Crippen molar-refractivity contribution >= 4 is 22.6 Å². The van der Waals surface area contributed by atoms with Gasteiger partial charge in [0.05, 0.1) is 13.3 Å². The number of halogens is 4. The van der Waals surface area contributed by atoms with Crippen LogP contribution in [0, 0.1) is 10.6 Å². The average molecular weight is 333 g/mol. The predicted octanol–water partition coefficient (Wildman–Crippen LogP) is 2.90. The first-order chi connectivity index (χ1) is 6.85. The molecule has 0 amide bonds. The molecule has 1 aromatic heterocycles. The zero-order valence-electron chi connectivity index (χ0n) is 7.85. The lowest BCUT2D eigenvalue weighted by Gasteiger charge is -2.14. The molecule has 0 spiro atoms. The molecule has 0 fully saturated rings. The van der Waals surface area contributed by atoms with Crippen molar-refractivity contribution in [3.8, 4) is 11.5 Å². The molecule has 1 rings (SSSR count). The van der Waals surface area contributed by atoms with Gasteiger partial charge >= 0.3 is 6.36 Å². The van der Waals surface area contributed by atoms with E-state index in [-0.39, 0.29) is 5.75 Å². The van der Waals surface area contributed by atoms with Crippen LogP contribution in [0.5, 0.6) is 11.5 Å². The number of alkyl halides is 3. The van der Waals surface area contributed by atoms with Crippen LogP contribution in [0.25, 0.3) is 0 Å². The second-order valence-corrected chi connectivity index (χ2v) is 3.64. The Labute approximate surface area is 97.7 Å². The van der Waals surface area contributed by atoms with Crippen molar-refractivity contribution in [2.45, 2.75) is 13.3 Å². The molecule has 0 saturated carbocycles. The van der Waals surface area contributed by atoms with Gasteiger partial charge in [0.1, 0.15) is 3.70 Å². The fraction of sp³-hybridized carbons (Fsp3) is 0.375. The minimum Gasteiger partial charge on any atom is -0.492 e. The zero-order valence-corrected chi connectivity index (χ0v) is 10.0. The maximum Gasteiger partial charge on any atom is 0.573 e. The van der Waals surface area contributed by atoms with Crippen molar-refractivity contribution in [3.05, 3.63) is 15.5 Å². The van der Waals surface area contributed by atoms with E-state index in [2.05, 4.69) is 9.72 Å². The zero-order chi connectivity index (χ0) is 11.6. The number of hydrogen-bond donors (Lipinski definition) is 0. The molecule has 0 saturated heterocycles. The van der Waals surface area contributed by atoms with E-state index in [0.29, 0.717) is 9.26 Å². The molecule has 0 atom stereocenters. The minimum atomic E-state index is -4.74. The Morgan fingerprint density at radius 3 is 2.47 bits per heavy atom. The van der Waals surface area contributed by atoms with E-state index in [9.17, 15) is 13.2 Å². The van der Waals surface area contributed by atoms with Crippen molar-refractivity contribution in [1.29, 1.82) is 0 Å². The summed E-state index contributed by atoms with van der Waals surface area (Å²) in [5, 5.41) is 0. The highest BCUT2D eigenvalue weighted by Crippen LogP contribution is 2.35.